The van der Waals surface area contributed by atoms with Gasteiger partial charge in [0.2, 0.25) is 0 Å². The minimum atomic E-state index is -0.0839. The van der Waals surface area contributed by atoms with Crippen LogP contribution in [0.5, 0.6) is 0 Å². The molecule has 0 bridgehead atoms. The fourth-order valence-electron chi connectivity index (χ4n) is 3.44. The van der Waals surface area contributed by atoms with Gasteiger partial charge in [-0.2, -0.15) is 0 Å². The van der Waals surface area contributed by atoms with Crippen LogP contribution in [0.4, 0.5) is 10.5 Å². The Morgan fingerprint density at radius 1 is 1.11 bits per heavy atom. The number of carbonyl (C=O) groups excluding carboxylic acids is 1. The Balaban J connectivity index is 1.53. The molecule has 2 aromatic rings. The number of carbonyl (C=O) groups is 1. The first kappa shape index (κ1) is 19.8. The van der Waals surface area contributed by atoms with Crippen molar-refractivity contribution in [2.75, 3.05) is 31.6 Å². The lowest BCUT2D eigenvalue weighted by Gasteiger charge is -2.24. The summed E-state index contributed by atoms with van der Waals surface area (Å²) in [6.07, 6.45) is 3.15. The van der Waals surface area contributed by atoms with Gasteiger partial charge in [-0.1, -0.05) is 41.4 Å². The number of benzene rings is 2. The van der Waals surface area contributed by atoms with E-state index in [1.807, 2.05) is 25.2 Å². The van der Waals surface area contributed by atoms with Crippen molar-refractivity contribution in [1.82, 2.24) is 10.2 Å². The number of halogens is 2. The van der Waals surface area contributed by atoms with E-state index in [2.05, 4.69) is 28.4 Å². The Morgan fingerprint density at radius 3 is 2.48 bits per heavy atom. The lowest BCUT2D eigenvalue weighted by molar-refractivity contribution is 0.207. The van der Waals surface area contributed by atoms with Gasteiger partial charge in [-0.05, 0) is 54.7 Å². The van der Waals surface area contributed by atoms with Crippen LogP contribution in [0.1, 0.15) is 24.0 Å². The highest BCUT2D eigenvalue weighted by molar-refractivity contribution is 6.34. The molecule has 1 N–H and O–H groups in total. The van der Waals surface area contributed by atoms with Crippen molar-refractivity contribution in [3.63, 3.8) is 0 Å². The lowest BCUT2D eigenvalue weighted by atomic mass is 10.1. The van der Waals surface area contributed by atoms with E-state index in [0.717, 1.165) is 18.7 Å². The van der Waals surface area contributed by atoms with Gasteiger partial charge < -0.3 is 15.1 Å². The molecule has 1 aliphatic heterocycles. The monoisotopic (exact) mass is 405 g/mol. The van der Waals surface area contributed by atoms with Crippen LogP contribution in [-0.2, 0) is 13.0 Å². The fraction of sp³-hybridized carbons (Fsp3) is 0.381. The Morgan fingerprint density at radius 2 is 1.78 bits per heavy atom. The van der Waals surface area contributed by atoms with Gasteiger partial charge in [-0.25, -0.2) is 4.79 Å². The third kappa shape index (κ3) is 5.53. The molecule has 6 heteroatoms. The van der Waals surface area contributed by atoms with Gasteiger partial charge in [0.25, 0.3) is 0 Å². The topological polar surface area (TPSA) is 35.6 Å². The summed E-state index contributed by atoms with van der Waals surface area (Å²) >= 11 is 12.0. The molecule has 0 aliphatic carbocycles. The molecule has 4 nitrogen and oxygen atoms in total. The number of urea groups is 1. The molecular weight excluding hydrogens is 381 g/mol. The molecule has 1 saturated heterocycles. The smallest absolute Gasteiger partial charge is 0.317 e. The van der Waals surface area contributed by atoms with Crippen molar-refractivity contribution in [2.45, 2.75) is 25.8 Å². The van der Waals surface area contributed by atoms with Gasteiger partial charge in [0.1, 0.15) is 0 Å². The summed E-state index contributed by atoms with van der Waals surface area (Å²) in [7, 11) is 1.83. The summed E-state index contributed by atoms with van der Waals surface area (Å²) in [6, 6.07) is 13.7. The van der Waals surface area contributed by atoms with Gasteiger partial charge in [0.05, 0.1) is 0 Å². The zero-order valence-corrected chi connectivity index (χ0v) is 17.1. The van der Waals surface area contributed by atoms with Crippen LogP contribution in [0.15, 0.2) is 42.5 Å². The van der Waals surface area contributed by atoms with Gasteiger partial charge in [-0.15, -0.1) is 0 Å². The third-order valence-electron chi connectivity index (χ3n) is 4.80. The number of nitrogens with zero attached hydrogens (tertiary/aromatic N) is 2. The molecule has 0 radical (unpaired) electrons. The van der Waals surface area contributed by atoms with E-state index >= 15 is 0 Å². The first-order chi connectivity index (χ1) is 13.0. The molecule has 0 aromatic heterocycles. The van der Waals surface area contributed by atoms with Gasteiger partial charge in [-0.3, -0.25) is 0 Å². The number of hydrogen-bond donors (Lipinski definition) is 1. The predicted octanol–water partition coefficient (Wildman–Crippen LogP) is 4.98. The number of para-hydroxylation sites is 1. The Bertz CT molecular complexity index is 770. The number of amides is 2. The molecular formula is C21H25Cl2N3O. The number of hydrogen-bond acceptors (Lipinski definition) is 2. The van der Waals surface area contributed by atoms with E-state index in [1.165, 1.54) is 24.1 Å². The second-order valence-corrected chi connectivity index (χ2v) is 7.81. The molecule has 27 heavy (non-hydrogen) atoms. The summed E-state index contributed by atoms with van der Waals surface area (Å²) in [5.74, 6) is 0. The standard InChI is InChI=1S/C21H25Cl2N3O/c1-25(15-17-6-2-3-7-20(17)26-10-4-5-11-26)21(27)24-9-8-16-12-18(22)14-19(23)13-16/h2-3,6-7,12-14H,4-5,8-11,15H2,1H3,(H,24,27). The summed E-state index contributed by atoms with van der Waals surface area (Å²) in [5.41, 5.74) is 3.43. The highest BCUT2D eigenvalue weighted by atomic mass is 35.5. The van der Waals surface area contributed by atoms with Crippen molar-refractivity contribution < 1.29 is 4.79 Å². The normalized spacial score (nSPS) is 13.7. The molecule has 2 aromatic carbocycles. The minimum Gasteiger partial charge on any atom is -0.371 e. The zero-order valence-electron chi connectivity index (χ0n) is 15.5. The van der Waals surface area contributed by atoms with Crippen LogP contribution in [0.25, 0.3) is 0 Å². The summed E-state index contributed by atoms with van der Waals surface area (Å²) in [6.45, 7) is 3.30. The van der Waals surface area contributed by atoms with Gasteiger partial charge >= 0.3 is 6.03 Å². The maximum Gasteiger partial charge on any atom is 0.317 e. The maximum absolute atomic E-state index is 12.5. The summed E-state index contributed by atoms with van der Waals surface area (Å²) in [5, 5.41) is 4.19. The van der Waals surface area contributed by atoms with E-state index in [9.17, 15) is 4.79 Å². The first-order valence-corrected chi connectivity index (χ1v) is 10.1. The Kier molecular flexibility index (Phi) is 6.86. The zero-order chi connectivity index (χ0) is 19.2. The highest BCUT2D eigenvalue weighted by Crippen LogP contribution is 2.25. The largest absolute Gasteiger partial charge is 0.371 e. The van der Waals surface area contributed by atoms with E-state index in [1.54, 1.807) is 11.0 Å². The van der Waals surface area contributed by atoms with Crippen molar-refractivity contribution >= 4 is 34.9 Å². The van der Waals surface area contributed by atoms with Crippen LogP contribution < -0.4 is 10.2 Å². The van der Waals surface area contributed by atoms with Crippen LogP contribution in [0.3, 0.4) is 0 Å². The average Bonchev–Trinajstić information content (AvgIpc) is 3.15. The Labute approximate surface area is 171 Å². The van der Waals surface area contributed by atoms with Crippen molar-refractivity contribution in [3.05, 3.63) is 63.6 Å². The molecule has 1 fully saturated rings. The van der Waals surface area contributed by atoms with Crippen LogP contribution in [0.2, 0.25) is 10.0 Å². The Hall–Kier alpha value is -1.91. The van der Waals surface area contributed by atoms with Crippen LogP contribution in [0, 0.1) is 0 Å². The molecule has 0 spiro atoms. The fourth-order valence-corrected chi connectivity index (χ4v) is 4.01. The molecule has 1 aliphatic rings. The molecule has 0 unspecified atom stereocenters. The van der Waals surface area contributed by atoms with Crippen LogP contribution >= 0.6 is 23.2 Å². The first-order valence-electron chi connectivity index (χ1n) is 9.30. The minimum absolute atomic E-state index is 0.0839. The SMILES string of the molecule is CN(Cc1ccccc1N1CCCC1)C(=O)NCCc1cc(Cl)cc(Cl)c1. The molecule has 3 rings (SSSR count). The predicted molar refractivity (Wildman–Crippen MR) is 113 cm³/mol. The summed E-state index contributed by atoms with van der Waals surface area (Å²) < 4.78 is 0. The van der Waals surface area contributed by atoms with E-state index in [0.29, 0.717) is 29.6 Å². The quantitative estimate of drug-likeness (QED) is 0.735. The second-order valence-electron chi connectivity index (χ2n) is 6.94. The van der Waals surface area contributed by atoms with Crippen LogP contribution in [-0.4, -0.2) is 37.6 Å². The number of nitrogens with one attached hydrogen (secondary N) is 1. The number of anilines is 1. The third-order valence-corrected chi connectivity index (χ3v) is 5.24. The van der Waals surface area contributed by atoms with Crippen molar-refractivity contribution in [2.24, 2.45) is 0 Å². The van der Waals surface area contributed by atoms with Crippen molar-refractivity contribution in [3.8, 4) is 0 Å². The van der Waals surface area contributed by atoms with Gasteiger partial charge in [0, 0.05) is 49.0 Å². The number of rotatable bonds is 6. The molecule has 0 saturated carbocycles. The van der Waals surface area contributed by atoms with E-state index in [-0.39, 0.29) is 6.03 Å². The van der Waals surface area contributed by atoms with E-state index in [4.69, 9.17) is 23.2 Å². The second kappa shape index (κ2) is 9.34. The summed E-state index contributed by atoms with van der Waals surface area (Å²) in [4.78, 5) is 16.6. The lowest BCUT2D eigenvalue weighted by Crippen LogP contribution is -2.38. The van der Waals surface area contributed by atoms with Gasteiger partial charge in [0.15, 0.2) is 0 Å². The van der Waals surface area contributed by atoms with Crippen molar-refractivity contribution in [1.29, 1.82) is 0 Å². The average molecular weight is 406 g/mol. The van der Waals surface area contributed by atoms with E-state index < -0.39 is 0 Å². The maximum atomic E-state index is 12.5. The highest BCUT2D eigenvalue weighted by Gasteiger charge is 2.17. The molecule has 0 atom stereocenters. The molecule has 2 amide bonds. The molecule has 144 valence electrons. The molecule has 1 heterocycles.